The van der Waals surface area contributed by atoms with Gasteiger partial charge in [0.2, 0.25) is 0 Å². The number of carbonyl (C=O) groups is 1. The van der Waals surface area contributed by atoms with Crippen molar-refractivity contribution in [3.8, 4) is 5.75 Å². The molecule has 1 N–H and O–H groups in total. The summed E-state index contributed by atoms with van der Waals surface area (Å²) in [5.74, 6) is 0.484. The molecule has 0 fully saturated rings. The molecule has 128 valence electrons. The van der Waals surface area contributed by atoms with Crippen LogP contribution in [0.4, 0.5) is 0 Å². The summed E-state index contributed by atoms with van der Waals surface area (Å²) in [6.45, 7) is 2.50. The third-order valence-electron chi connectivity index (χ3n) is 3.62. The molecule has 0 aliphatic rings. The standard InChI is InChI=1S/C19H21Cl2NO2/c1-2-18(24-16-10-5-9-15(20)13-16)19(23)22-12-6-8-14-7-3-4-11-17(14)21/h3-5,7,9-11,13,18H,2,6,8,12H2,1H3,(H,22,23). The molecule has 0 aliphatic carbocycles. The molecule has 0 saturated heterocycles. The Labute approximate surface area is 152 Å². The first-order valence-electron chi connectivity index (χ1n) is 8.03. The number of rotatable bonds is 8. The third kappa shape index (κ3) is 5.73. The molecule has 1 unspecified atom stereocenters. The number of aryl methyl sites for hydroxylation is 1. The maximum atomic E-state index is 12.2. The lowest BCUT2D eigenvalue weighted by molar-refractivity contribution is -0.128. The fourth-order valence-electron chi connectivity index (χ4n) is 2.33. The van der Waals surface area contributed by atoms with Crippen LogP contribution in [0.3, 0.4) is 0 Å². The normalized spacial score (nSPS) is 11.8. The number of carbonyl (C=O) groups excluding carboxylic acids is 1. The van der Waals surface area contributed by atoms with Gasteiger partial charge in [-0.15, -0.1) is 0 Å². The average Bonchev–Trinajstić information content (AvgIpc) is 2.58. The highest BCUT2D eigenvalue weighted by Gasteiger charge is 2.17. The number of hydrogen-bond acceptors (Lipinski definition) is 2. The molecule has 0 radical (unpaired) electrons. The van der Waals surface area contributed by atoms with E-state index in [-0.39, 0.29) is 5.91 Å². The molecule has 0 aliphatic heterocycles. The van der Waals surface area contributed by atoms with Crippen molar-refractivity contribution in [3.05, 3.63) is 64.1 Å². The summed E-state index contributed by atoms with van der Waals surface area (Å²) in [7, 11) is 0. The third-order valence-corrected chi connectivity index (χ3v) is 4.22. The van der Waals surface area contributed by atoms with E-state index >= 15 is 0 Å². The van der Waals surface area contributed by atoms with Gasteiger partial charge in [-0.2, -0.15) is 0 Å². The van der Waals surface area contributed by atoms with E-state index in [4.69, 9.17) is 27.9 Å². The minimum absolute atomic E-state index is 0.114. The zero-order valence-corrected chi connectivity index (χ0v) is 15.1. The van der Waals surface area contributed by atoms with Crippen molar-refractivity contribution in [1.82, 2.24) is 5.32 Å². The lowest BCUT2D eigenvalue weighted by Crippen LogP contribution is -2.38. The highest BCUT2D eigenvalue weighted by Crippen LogP contribution is 2.19. The van der Waals surface area contributed by atoms with Crippen LogP contribution in [0.25, 0.3) is 0 Å². The smallest absolute Gasteiger partial charge is 0.261 e. The second kappa shape index (κ2) is 9.55. The summed E-state index contributed by atoms with van der Waals surface area (Å²) in [4.78, 5) is 12.2. The van der Waals surface area contributed by atoms with Gasteiger partial charge in [0, 0.05) is 16.6 Å². The van der Waals surface area contributed by atoms with Crippen molar-refractivity contribution in [3.63, 3.8) is 0 Å². The van der Waals surface area contributed by atoms with E-state index in [1.807, 2.05) is 31.2 Å². The predicted molar refractivity (Wildman–Crippen MR) is 98.9 cm³/mol. The molecular weight excluding hydrogens is 345 g/mol. The van der Waals surface area contributed by atoms with Crippen molar-refractivity contribution in [2.75, 3.05) is 6.54 Å². The van der Waals surface area contributed by atoms with Crippen LogP contribution in [0.5, 0.6) is 5.75 Å². The molecule has 0 bridgehead atoms. The van der Waals surface area contributed by atoms with E-state index in [1.54, 1.807) is 24.3 Å². The first-order valence-corrected chi connectivity index (χ1v) is 8.79. The van der Waals surface area contributed by atoms with Crippen LogP contribution in [0.15, 0.2) is 48.5 Å². The summed E-state index contributed by atoms with van der Waals surface area (Å²) in [6.07, 6.45) is 1.71. The Hall–Kier alpha value is -1.71. The maximum Gasteiger partial charge on any atom is 0.261 e. The molecule has 0 aromatic heterocycles. The van der Waals surface area contributed by atoms with Crippen molar-refractivity contribution < 1.29 is 9.53 Å². The number of nitrogens with one attached hydrogen (secondary N) is 1. The average molecular weight is 366 g/mol. The number of benzene rings is 2. The molecule has 2 aromatic carbocycles. The van der Waals surface area contributed by atoms with Crippen LogP contribution in [0, 0.1) is 0 Å². The van der Waals surface area contributed by atoms with Gasteiger partial charge in [-0.1, -0.05) is 54.4 Å². The highest BCUT2D eigenvalue weighted by molar-refractivity contribution is 6.31. The summed E-state index contributed by atoms with van der Waals surface area (Å²) in [5, 5.41) is 4.27. The topological polar surface area (TPSA) is 38.3 Å². The minimum Gasteiger partial charge on any atom is -0.481 e. The number of ether oxygens (including phenoxy) is 1. The molecule has 0 saturated carbocycles. The molecule has 3 nitrogen and oxygen atoms in total. The molecule has 2 rings (SSSR count). The Morgan fingerprint density at radius 1 is 1.17 bits per heavy atom. The first kappa shape index (κ1) is 18.6. The highest BCUT2D eigenvalue weighted by atomic mass is 35.5. The second-order valence-electron chi connectivity index (χ2n) is 5.46. The van der Waals surface area contributed by atoms with Gasteiger partial charge in [0.05, 0.1) is 0 Å². The van der Waals surface area contributed by atoms with Crippen LogP contribution < -0.4 is 10.1 Å². The van der Waals surface area contributed by atoms with Gasteiger partial charge in [0.1, 0.15) is 5.75 Å². The quantitative estimate of drug-likeness (QED) is 0.675. The molecule has 1 atom stereocenters. The van der Waals surface area contributed by atoms with Crippen LogP contribution >= 0.6 is 23.2 Å². The molecular formula is C19H21Cl2NO2. The minimum atomic E-state index is -0.524. The first-order chi connectivity index (χ1) is 11.6. The second-order valence-corrected chi connectivity index (χ2v) is 6.30. The van der Waals surface area contributed by atoms with E-state index in [0.717, 1.165) is 23.4 Å². The molecule has 1 amide bonds. The summed E-state index contributed by atoms with van der Waals surface area (Å²) >= 11 is 12.1. The monoisotopic (exact) mass is 365 g/mol. The zero-order valence-electron chi connectivity index (χ0n) is 13.6. The Morgan fingerprint density at radius 3 is 2.67 bits per heavy atom. The van der Waals surface area contributed by atoms with E-state index in [9.17, 15) is 4.79 Å². The van der Waals surface area contributed by atoms with Gasteiger partial charge >= 0.3 is 0 Å². The predicted octanol–water partition coefficient (Wildman–Crippen LogP) is 4.90. The van der Waals surface area contributed by atoms with Crippen LogP contribution in [-0.4, -0.2) is 18.6 Å². The number of hydrogen-bond donors (Lipinski definition) is 1. The van der Waals surface area contributed by atoms with E-state index in [1.165, 1.54) is 0 Å². The Balaban J connectivity index is 1.78. The largest absolute Gasteiger partial charge is 0.481 e. The molecule has 0 spiro atoms. The van der Waals surface area contributed by atoms with Crippen LogP contribution in [0.1, 0.15) is 25.3 Å². The number of amides is 1. The lowest BCUT2D eigenvalue weighted by Gasteiger charge is -2.17. The van der Waals surface area contributed by atoms with Crippen molar-refractivity contribution in [1.29, 1.82) is 0 Å². The molecule has 5 heteroatoms. The van der Waals surface area contributed by atoms with E-state index < -0.39 is 6.10 Å². The zero-order chi connectivity index (χ0) is 17.4. The van der Waals surface area contributed by atoms with Gasteiger partial charge in [-0.05, 0) is 49.1 Å². The van der Waals surface area contributed by atoms with Gasteiger partial charge < -0.3 is 10.1 Å². The fourth-order valence-corrected chi connectivity index (χ4v) is 2.74. The van der Waals surface area contributed by atoms with E-state index in [0.29, 0.717) is 23.7 Å². The molecule has 0 heterocycles. The van der Waals surface area contributed by atoms with Gasteiger partial charge in [0.15, 0.2) is 6.10 Å². The summed E-state index contributed by atoms with van der Waals surface area (Å²) < 4.78 is 5.72. The Morgan fingerprint density at radius 2 is 1.96 bits per heavy atom. The number of halogens is 2. The van der Waals surface area contributed by atoms with Gasteiger partial charge in [0.25, 0.3) is 5.91 Å². The Kier molecular flexibility index (Phi) is 7.41. The van der Waals surface area contributed by atoms with Gasteiger partial charge in [-0.3, -0.25) is 4.79 Å². The SMILES string of the molecule is CCC(Oc1cccc(Cl)c1)C(=O)NCCCc1ccccc1Cl. The molecule has 2 aromatic rings. The van der Waals surface area contributed by atoms with Crippen LogP contribution in [-0.2, 0) is 11.2 Å². The van der Waals surface area contributed by atoms with Crippen molar-refractivity contribution in [2.24, 2.45) is 0 Å². The molecule has 24 heavy (non-hydrogen) atoms. The van der Waals surface area contributed by atoms with Crippen molar-refractivity contribution >= 4 is 29.1 Å². The lowest BCUT2D eigenvalue weighted by atomic mass is 10.1. The maximum absolute atomic E-state index is 12.2. The van der Waals surface area contributed by atoms with Gasteiger partial charge in [-0.25, -0.2) is 0 Å². The Bertz CT molecular complexity index is 676. The van der Waals surface area contributed by atoms with E-state index in [2.05, 4.69) is 5.32 Å². The summed E-state index contributed by atoms with van der Waals surface area (Å²) in [6, 6.07) is 14.8. The summed E-state index contributed by atoms with van der Waals surface area (Å²) in [5.41, 5.74) is 1.09. The van der Waals surface area contributed by atoms with Crippen LogP contribution in [0.2, 0.25) is 10.0 Å². The fraction of sp³-hybridized carbons (Fsp3) is 0.316. The van der Waals surface area contributed by atoms with Crippen molar-refractivity contribution in [2.45, 2.75) is 32.3 Å².